The zero-order chi connectivity index (χ0) is 14.7. The molecule has 0 amide bonds. The quantitative estimate of drug-likeness (QED) is 0.731. The standard InChI is InChI=1S/C15H14N6/c1-20(11-5-10-16)14-9-8-13-17-18-15(21(13)19-14)12-6-3-2-4-7-12/h2-4,6-9H,5,11H2,1H3. The monoisotopic (exact) mass is 278 g/mol. The molecule has 2 heterocycles. The molecule has 0 spiro atoms. The van der Waals surface area contributed by atoms with E-state index in [4.69, 9.17) is 5.26 Å². The van der Waals surface area contributed by atoms with Gasteiger partial charge in [0.2, 0.25) is 0 Å². The number of aromatic nitrogens is 4. The molecule has 21 heavy (non-hydrogen) atoms. The summed E-state index contributed by atoms with van der Waals surface area (Å²) in [6.07, 6.45) is 0.462. The Labute approximate surface area is 122 Å². The van der Waals surface area contributed by atoms with Crippen molar-refractivity contribution < 1.29 is 0 Å². The lowest BCUT2D eigenvalue weighted by Gasteiger charge is -2.16. The number of nitriles is 1. The zero-order valence-corrected chi connectivity index (χ0v) is 11.6. The molecule has 0 radical (unpaired) electrons. The van der Waals surface area contributed by atoms with Crippen LogP contribution >= 0.6 is 0 Å². The minimum absolute atomic E-state index is 0.462. The summed E-state index contributed by atoms with van der Waals surface area (Å²) in [5, 5.41) is 21.6. The minimum atomic E-state index is 0.462. The number of fused-ring (bicyclic) bond motifs is 1. The van der Waals surface area contributed by atoms with Gasteiger partial charge in [-0.05, 0) is 12.1 Å². The molecule has 0 bridgehead atoms. The number of hydrogen-bond donors (Lipinski definition) is 0. The van der Waals surface area contributed by atoms with Crippen LogP contribution in [0, 0.1) is 11.3 Å². The van der Waals surface area contributed by atoms with Crippen LogP contribution in [-0.2, 0) is 0 Å². The van der Waals surface area contributed by atoms with Gasteiger partial charge in [-0.25, -0.2) is 0 Å². The molecule has 1 aromatic carbocycles. The van der Waals surface area contributed by atoms with E-state index in [1.807, 2.05) is 54.4 Å². The van der Waals surface area contributed by atoms with Crippen molar-refractivity contribution in [3.63, 3.8) is 0 Å². The molecule has 0 unspecified atom stereocenters. The van der Waals surface area contributed by atoms with E-state index in [0.717, 1.165) is 11.4 Å². The van der Waals surface area contributed by atoms with Crippen molar-refractivity contribution in [2.24, 2.45) is 0 Å². The largest absolute Gasteiger partial charge is 0.357 e. The van der Waals surface area contributed by atoms with Gasteiger partial charge in [0.25, 0.3) is 0 Å². The average Bonchev–Trinajstić information content (AvgIpc) is 2.96. The Morgan fingerprint density at radius 2 is 1.95 bits per heavy atom. The predicted octanol–water partition coefficient (Wildman–Crippen LogP) is 2.14. The van der Waals surface area contributed by atoms with E-state index >= 15 is 0 Å². The molecule has 0 atom stereocenters. The molecular formula is C15H14N6. The molecule has 0 saturated carbocycles. The van der Waals surface area contributed by atoms with Crippen LogP contribution in [0.5, 0.6) is 0 Å². The fourth-order valence-electron chi connectivity index (χ4n) is 2.08. The van der Waals surface area contributed by atoms with Gasteiger partial charge in [-0.3, -0.25) is 0 Å². The number of benzene rings is 1. The first-order valence-corrected chi connectivity index (χ1v) is 6.65. The van der Waals surface area contributed by atoms with Gasteiger partial charge in [-0.1, -0.05) is 30.3 Å². The molecule has 3 aromatic rings. The second-order valence-corrected chi connectivity index (χ2v) is 4.68. The smallest absolute Gasteiger partial charge is 0.185 e. The van der Waals surface area contributed by atoms with Crippen molar-refractivity contribution in [2.45, 2.75) is 6.42 Å². The van der Waals surface area contributed by atoms with Crippen molar-refractivity contribution in [3.05, 3.63) is 42.5 Å². The Morgan fingerprint density at radius 1 is 1.14 bits per heavy atom. The van der Waals surface area contributed by atoms with Crippen LogP contribution in [0.4, 0.5) is 5.82 Å². The van der Waals surface area contributed by atoms with Crippen LogP contribution in [0.2, 0.25) is 0 Å². The zero-order valence-electron chi connectivity index (χ0n) is 11.6. The van der Waals surface area contributed by atoms with Crippen molar-refractivity contribution in [1.82, 2.24) is 19.8 Å². The lowest BCUT2D eigenvalue weighted by Crippen LogP contribution is -2.20. The second-order valence-electron chi connectivity index (χ2n) is 4.68. The minimum Gasteiger partial charge on any atom is -0.357 e. The Hall–Kier alpha value is -2.94. The molecule has 0 aliphatic heterocycles. The summed E-state index contributed by atoms with van der Waals surface area (Å²) in [7, 11) is 1.91. The van der Waals surface area contributed by atoms with Crippen molar-refractivity contribution in [1.29, 1.82) is 5.26 Å². The van der Waals surface area contributed by atoms with Crippen LogP contribution in [0.3, 0.4) is 0 Å². The van der Waals surface area contributed by atoms with Crippen LogP contribution in [-0.4, -0.2) is 33.4 Å². The summed E-state index contributed by atoms with van der Waals surface area (Å²) in [4.78, 5) is 1.94. The highest BCUT2D eigenvalue weighted by Crippen LogP contribution is 2.18. The first kappa shape index (κ1) is 13.1. The van der Waals surface area contributed by atoms with Crippen LogP contribution in [0.25, 0.3) is 17.0 Å². The number of nitrogens with zero attached hydrogens (tertiary/aromatic N) is 6. The van der Waals surface area contributed by atoms with Gasteiger partial charge in [-0.2, -0.15) is 9.78 Å². The highest BCUT2D eigenvalue weighted by atomic mass is 15.4. The highest BCUT2D eigenvalue weighted by Gasteiger charge is 2.11. The lowest BCUT2D eigenvalue weighted by atomic mass is 10.2. The second kappa shape index (κ2) is 5.59. The fraction of sp³-hybridized carbons (Fsp3) is 0.200. The summed E-state index contributed by atoms with van der Waals surface area (Å²) >= 11 is 0. The van der Waals surface area contributed by atoms with Gasteiger partial charge >= 0.3 is 0 Å². The molecular weight excluding hydrogens is 264 g/mol. The average molecular weight is 278 g/mol. The summed E-state index contributed by atoms with van der Waals surface area (Å²) in [6, 6.07) is 15.7. The topological polar surface area (TPSA) is 70.1 Å². The normalized spacial score (nSPS) is 10.5. The predicted molar refractivity (Wildman–Crippen MR) is 79.7 cm³/mol. The number of rotatable bonds is 4. The summed E-state index contributed by atoms with van der Waals surface area (Å²) < 4.78 is 1.73. The van der Waals surface area contributed by atoms with Crippen LogP contribution in [0.1, 0.15) is 6.42 Å². The fourth-order valence-corrected chi connectivity index (χ4v) is 2.08. The van der Waals surface area contributed by atoms with Crippen molar-refractivity contribution >= 4 is 11.5 Å². The van der Waals surface area contributed by atoms with Crippen molar-refractivity contribution in [3.8, 4) is 17.5 Å². The van der Waals surface area contributed by atoms with E-state index in [1.54, 1.807) is 4.52 Å². The SMILES string of the molecule is CN(CCC#N)c1ccc2nnc(-c3ccccc3)n2n1. The Balaban J connectivity index is 2.02. The summed E-state index contributed by atoms with van der Waals surface area (Å²) in [5.41, 5.74) is 1.67. The van der Waals surface area contributed by atoms with E-state index < -0.39 is 0 Å². The molecule has 0 aliphatic carbocycles. The highest BCUT2D eigenvalue weighted by molar-refractivity contribution is 5.59. The maximum absolute atomic E-state index is 8.67. The molecule has 3 rings (SSSR count). The van der Waals surface area contributed by atoms with Crippen LogP contribution < -0.4 is 4.90 Å². The van der Waals surface area contributed by atoms with E-state index in [0.29, 0.717) is 24.4 Å². The molecule has 0 aliphatic rings. The van der Waals surface area contributed by atoms with Gasteiger partial charge in [0.1, 0.15) is 5.82 Å². The first-order valence-electron chi connectivity index (χ1n) is 6.65. The molecule has 6 nitrogen and oxygen atoms in total. The molecule has 6 heteroatoms. The lowest BCUT2D eigenvalue weighted by molar-refractivity contribution is 0.838. The molecule has 104 valence electrons. The van der Waals surface area contributed by atoms with Gasteiger partial charge in [0.05, 0.1) is 12.5 Å². The Morgan fingerprint density at radius 3 is 2.71 bits per heavy atom. The van der Waals surface area contributed by atoms with E-state index in [1.165, 1.54) is 0 Å². The maximum atomic E-state index is 8.67. The molecule has 0 fully saturated rings. The van der Waals surface area contributed by atoms with Gasteiger partial charge in [0, 0.05) is 19.2 Å². The van der Waals surface area contributed by atoms with Gasteiger partial charge in [0.15, 0.2) is 11.5 Å². The summed E-state index contributed by atoms with van der Waals surface area (Å²) in [6.45, 7) is 0.637. The van der Waals surface area contributed by atoms with Crippen LogP contribution in [0.15, 0.2) is 42.5 Å². The first-order chi connectivity index (χ1) is 10.3. The molecule has 0 saturated heterocycles. The van der Waals surface area contributed by atoms with Crippen molar-refractivity contribution in [2.75, 3.05) is 18.5 Å². The third-order valence-corrected chi connectivity index (χ3v) is 3.23. The summed E-state index contributed by atoms with van der Waals surface area (Å²) in [5.74, 6) is 1.50. The Kier molecular flexibility index (Phi) is 3.48. The van der Waals surface area contributed by atoms with E-state index in [9.17, 15) is 0 Å². The van der Waals surface area contributed by atoms with Gasteiger partial charge in [-0.15, -0.1) is 15.3 Å². The third kappa shape index (κ3) is 2.54. The van der Waals surface area contributed by atoms with E-state index in [-0.39, 0.29) is 0 Å². The third-order valence-electron chi connectivity index (χ3n) is 3.23. The Bertz CT molecular complexity index is 787. The van der Waals surface area contributed by atoms with Gasteiger partial charge < -0.3 is 4.90 Å². The number of hydrogen-bond acceptors (Lipinski definition) is 5. The number of anilines is 1. The maximum Gasteiger partial charge on any atom is 0.185 e. The molecule has 0 N–H and O–H groups in total. The van der Waals surface area contributed by atoms with E-state index in [2.05, 4.69) is 21.4 Å². The molecule has 2 aromatic heterocycles.